The van der Waals surface area contributed by atoms with Crippen molar-refractivity contribution in [1.29, 1.82) is 0 Å². The van der Waals surface area contributed by atoms with Crippen LogP contribution in [-0.4, -0.2) is 31.3 Å². The Bertz CT molecular complexity index is 1490. The third-order valence-corrected chi connectivity index (χ3v) is 5.20. The van der Waals surface area contributed by atoms with Crippen LogP contribution in [0.2, 0.25) is 0 Å². The maximum Gasteiger partial charge on any atom is 0.256 e. The molecule has 10 heteroatoms. The molecule has 3 aromatic heterocycles. The molecule has 1 unspecified atom stereocenters. The minimum atomic E-state index is -0.498. The summed E-state index contributed by atoms with van der Waals surface area (Å²) < 4.78 is 16.7. The number of pyridine rings is 1. The molecule has 9 nitrogen and oxygen atoms in total. The van der Waals surface area contributed by atoms with Gasteiger partial charge in [0.15, 0.2) is 11.8 Å². The fraction of sp³-hybridized carbons (Fsp3) is 0.0870. The number of allylic oxidation sites excluding steroid dienone is 1. The molecule has 0 spiro atoms. The molecule has 5 rings (SSSR count). The number of anilines is 2. The predicted octanol–water partition coefficient (Wildman–Crippen LogP) is 2.92. The molecule has 0 saturated carbocycles. The molecular formula is C23H18FN7O2. The van der Waals surface area contributed by atoms with Crippen LogP contribution in [0, 0.1) is 5.82 Å². The Kier molecular flexibility index (Phi) is 5.02. The van der Waals surface area contributed by atoms with Crippen LogP contribution in [0.5, 0.6) is 0 Å². The fourth-order valence-electron chi connectivity index (χ4n) is 3.51. The standard InChI is InChI=1S/C23H18FN7O2/c1-29-10-6-16(13-20(29)32)23(33)27-18-14-26-31-11-7-19(28-22(18)31)30-9-3-8-25-21(30)15-4-2-5-17(24)12-15/h2-14,21H,1H3,(H,27,33). The first-order chi connectivity index (χ1) is 16.0. The molecule has 1 N–H and O–H groups in total. The number of carbonyl (C=O) groups excluding carboxylic acids is 1. The van der Waals surface area contributed by atoms with Crippen LogP contribution >= 0.6 is 0 Å². The van der Waals surface area contributed by atoms with Gasteiger partial charge in [-0.1, -0.05) is 12.1 Å². The molecule has 4 aromatic rings. The summed E-state index contributed by atoms with van der Waals surface area (Å²) in [6.07, 6.45) is 9.44. The molecule has 0 bridgehead atoms. The fourth-order valence-corrected chi connectivity index (χ4v) is 3.51. The van der Waals surface area contributed by atoms with Gasteiger partial charge in [0.2, 0.25) is 0 Å². The van der Waals surface area contributed by atoms with Crippen LogP contribution in [-0.2, 0) is 7.05 Å². The highest BCUT2D eigenvalue weighted by Gasteiger charge is 2.22. The van der Waals surface area contributed by atoms with E-state index in [1.807, 2.05) is 0 Å². The van der Waals surface area contributed by atoms with E-state index >= 15 is 0 Å². The number of rotatable bonds is 4. The average Bonchev–Trinajstić information content (AvgIpc) is 3.22. The highest BCUT2D eigenvalue weighted by atomic mass is 19.1. The highest BCUT2D eigenvalue weighted by molar-refractivity contribution is 6.05. The van der Waals surface area contributed by atoms with Crippen molar-refractivity contribution >= 4 is 29.3 Å². The quantitative estimate of drug-likeness (QED) is 0.523. The lowest BCUT2D eigenvalue weighted by Crippen LogP contribution is -2.25. The Hall–Kier alpha value is -4.60. The molecule has 164 valence electrons. The number of nitrogens with zero attached hydrogens (tertiary/aromatic N) is 6. The smallest absolute Gasteiger partial charge is 0.256 e. The number of aryl methyl sites for hydroxylation is 1. The molecule has 1 atom stereocenters. The number of aliphatic imine (C=N–C) groups is 1. The Balaban J connectivity index is 1.48. The van der Waals surface area contributed by atoms with E-state index in [9.17, 15) is 14.0 Å². The lowest BCUT2D eigenvalue weighted by atomic mass is 10.1. The van der Waals surface area contributed by atoms with Gasteiger partial charge in [-0.2, -0.15) is 5.10 Å². The number of aromatic nitrogens is 4. The van der Waals surface area contributed by atoms with Gasteiger partial charge in [-0.05, 0) is 35.9 Å². The van der Waals surface area contributed by atoms with Crippen molar-refractivity contribution in [2.45, 2.75) is 6.17 Å². The van der Waals surface area contributed by atoms with Crippen LogP contribution < -0.4 is 15.8 Å². The van der Waals surface area contributed by atoms with Gasteiger partial charge in [0.1, 0.15) is 17.3 Å². The third-order valence-electron chi connectivity index (χ3n) is 5.20. The van der Waals surface area contributed by atoms with Crippen LogP contribution in [0.15, 0.2) is 83.1 Å². The molecule has 0 fully saturated rings. The summed E-state index contributed by atoms with van der Waals surface area (Å²) in [4.78, 5) is 35.5. The molecule has 0 aliphatic carbocycles. The Morgan fingerprint density at radius 3 is 2.85 bits per heavy atom. The van der Waals surface area contributed by atoms with Gasteiger partial charge in [-0.15, -0.1) is 0 Å². The number of fused-ring (bicyclic) bond motifs is 1. The zero-order valence-corrected chi connectivity index (χ0v) is 17.5. The van der Waals surface area contributed by atoms with Crippen molar-refractivity contribution in [3.8, 4) is 0 Å². The second-order valence-corrected chi connectivity index (χ2v) is 7.41. The number of halogens is 1. The van der Waals surface area contributed by atoms with Gasteiger partial charge in [-0.3, -0.25) is 14.6 Å². The number of hydrogen-bond acceptors (Lipinski definition) is 6. The Labute approximate surface area is 187 Å². The van der Waals surface area contributed by atoms with Crippen molar-refractivity contribution in [2.24, 2.45) is 12.0 Å². The number of benzene rings is 1. The van der Waals surface area contributed by atoms with Crippen LogP contribution in [0.25, 0.3) is 5.65 Å². The summed E-state index contributed by atoms with van der Waals surface area (Å²) in [5.41, 5.74) is 1.40. The molecule has 1 amide bonds. The normalized spacial score (nSPS) is 15.2. The minimum Gasteiger partial charge on any atom is -0.319 e. The summed E-state index contributed by atoms with van der Waals surface area (Å²) in [5.74, 6) is -0.263. The van der Waals surface area contributed by atoms with E-state index in [-0.39, 0.29) is 16.9 Å². The Morgan fingerprint density at radius 2 is 2.03 bits per heavy atom. The molecule has 0 saturated heterocycles. The maximum absolute atomic E-state index is 13.8. The van der Waals surface area contributed by atoms with Crippen molar-refractivity contribution < 1.29 is 9.18 Å². The van der Waals surface area contributed by atoms with Crippen LogP contribution in [0.1, 0.15) is 22.1 Å². The van der Waals surface area contributed by atoms with E-state index in [0.717, 1.165) is 0 Å². The summed E-state index contributed by atoms with van der Waals surface area (Å²) in [6.45, 7) is 0. The predicted molar refractivity (Wildman–Crippen MR) is 122 cm³/mol. The number of carbonyl (C=O) groups is 1. The monoisotopic (exact) mass is 443 g/mol. The van der Waals surface area contributed by atoms with E-state index in [1.165, 1.54) is 39.7 Å². The summed E-state index contributed by atoms with van der Waals surface area (Å²) in [7, 11) is 1.61. The largest absolute Gasteiger partial charge is 0.319 e. The van der Waals surface area contributed by atoms with Gasteiger partial charge in [0, 0.05) is 43.5 Å². The summed E-state index contributed by atoms with van der Waals surface area (Å²) in [6, 6.07) is 10.8. The molecule has 33 heavy (non-hydrogen) atoms. The van der Waals surface area contributed by atoms with Crippen molar-refractivity contribution in [3.63, 3.8) is 0 Å². The van der Waals surface area contributed by atoms with Crippen molar-refractivity contribution in [3.05, 3.63) is 101 Å². The molecule has 1 aliphatic heterocycles. The van der Waals surface area contributed by atoms with Crippen LogP contribution in [0.3, 0.4) is 0 Å². The minimum absolute atomic E-state index is 0.230. The molecule has 1 aliphatic rings. The van der Waals surface area contributed by atoms with E-state index in [2.05, 4.69) is 20.4 Å². The lowest BCUT2D eigenvalue weighted by molar-refractivity contribution is 0.102. The lowest BCUT2D eigenvalue weighted by Gasteiger charge is -2.29. The maximum atomic E-state index is 13.8. The zero-order chi connectivity index (χ0) is 22.9. The number of amides is 1. The molecule has 1 aromatic carbocycles. The first-order valence-electron chi connectivity index (χ1n) is 10.1. The van der Waals surface area contributed by atoms with E-state index < -0.39 is 12.1 Å². The summed E-state index contributed by atoms with van der Waals surface area (Å²) >= 11 is 0. The van der Waals surface area contributed by atoms with E-state index in [0.29, 0.717) is 22.7 Å². The third kappa shape index (κ3) is 3.89. The zero-order valence-electron chi connectivity index (χ0n) is 17.5. The molecule has 0 radical (unpaired) electrons. The van der Waals surface area contributed by atoms with Gasteiger partial charge in [0.25, 0.3) is 11.5 Å². The first-order valence-corrected chi connectivity index (χ1v) is 10.1. The van der Waals surface area contributed by atoms with Crippen LogP contribution in [0.4, 0.5) is 15.9 Å². The van der Waals surface area contributed by atoms with Gasteiger partial charge in [0.05, 0.1) is 6.20 Å². The van der Waals surface area contributed by atoms with Crippen molar-refractivity contribution in [1.82, 2.24) is 19.2 Å². The molecule has 4 heterocycles. The van der Waals surface area contributed by atoms with E-state index in [1.54, 1.807) is 60.9 Å². The van der Waals surface area contributed by atoms with Gasteiger partial charge in [-0.25, -0.2) is 13.9 Å². The highest BCUT2D eigenvalue weighted by Crippen LogP contribution is 2.30. The Morgan fingerprint density at radius 1 is 1.15 bits per heavy atom. The van der Waals surface area contributed by atoms with Gasteiger partial charge < -0.3 is 14.8 Å². The first kappa shape index (κ1) is 20.3. The van der Waals surface area contributed by atoms with Gasteiger partial charge >= 0.3 is 0 Å². The average molecular weight is 443 g/mol. The summed E-state index contributed by atoms with van der Waals surface area (Å²) in [5, 5.41) is 6.99. The van der Waals surface area contributed by atoms with E-state index in [4.69, 9.17) is 0 Å². The van der Waals surface area contributed by atoms with Crippen molar-refractivity contribution in [2.75, 3.05) is 10.2 Å². The topological polar surface area (TPSA) is 96.9 Å². The second kappa shape index (κ2) is 8.15. The number of nitrogens with one attached hydrogen (secondary N) is 1. The SMILES string of the molecule is Cn1ccc(C(=O)Nc2cnn3ccc(N4C=CC=NC4c4cccc(F)c4)nc23)cc1=O. The second-order valence-electron chi connectivity index (χ2n) is 7.41. The number of hydrogen-bond donors (Lipinski definition) is 1. The molecular weight excluding hydrogens is 425 g/mol.